The van der Waals surface area contributed by atoms with E-state index in [1.165, 1.54) is 0 Å². The van der Waals surface area contributed by atoms with Gasteiger partial charge in [0.25, 0.3) is 0 Å². The fraction of sp³-hybridized carbons (Fsp3) is 0.400. The molecule has 14 heavy (non-hydrogen) atoms. The molecule has 78 valence electrons. The molecule has 0 saturated carbocycles. The fourth-order valence-corrected chi connectivity index (χ4v) is 1.51. The Balaban J connectivity index is 2.97. The maximum absolute atomic E-state index is 5.95. The second-order valence-electron chi connectivity index (χ2n) is 3.05. The van der Waals surface area contributed by atoms with E-state index in [4.69, 9.17) is 22.1 Å². The molecule has 0 aromatic heterocycles. The number of ether oxygens (including phenoxy) is 1. The van der Waals surface area contributed by atoms with Crippen LogP contribution in [0.2, 0.25) is 5.02 Å². The van der Waals surface area contributed by atoms with Crippen LogP contribution < -0.4 is 15.8 Å². The lowest BCUT2D eigenvalue weighted by Gasteiger charge is -2.15. The van der Waals surface area contributed by atoms with Crippen molar-refractivity contribution in [3.05, 3.63) is 28.8 Å². The van der Waals surface area contributed by atoms with E-state index in [9.17, 15) is 0 Å². The molecule has 1 aromatic rings. The summed E-state index contributed by atoms with van der Waals surface area (Å²) in [5.74, 6) is 0.775. The van der Waals surface area contributed by atoms with E-state index in [2.05, 4.69) is 5.32 Å². The number of nitrogens with one attached hydrogen (secondary N) is 1. The van der Waals surface area contributed by atoms with Crippen LogP contribution in [0.3, 0.4) is 0 Å². The highest BCUT2D eigenvalue weighted by Gasteiger charge is 2.11. The summed E-state index contributed by atoms with van der Waals surface area (Å²) in [6, 6.07) is 5.35. The van der Waals surface area contributed by atoms with E-state index in [0.717, 1.165) is 11.3 Å². The van der Waals surface area contributed by atoms with E-state index in [1.54, 1.807) is 13.2 Å². The Morgan fingerprint density at radius 1 is 1.57 bits per heavy atom. The number of hydrogen-bond donors (Lipinski definition) is 2. The molecule has 0 amide bonds. The Kier molecular flexibility index (Phi) is 4.20. The smallest absolute Gasteiger partial charge is 0.123 e. The summed E-state index contributed by atoms with van der Waals surface area (Å²) < 4.78 is 5.20. The minimum Gasteiger partial charge on any atom is -0.496 e. The van der Waals surface area contributed by atoms with Gasteiger partial charge in [0.2, 0.25) is 0 Å². The lowest BCUT2D eigenvalue weighted by atomic mass is 10.1. The summed E-state index contributed by atoms with van der Waals surface area (Å²) >= 11 is 5.89. The predicted molar refractivity (Wildman–Crippen MR) is 58.9 cm³/mol. The molecule has 4 heteroatoms. The van der Waals surface area contributed by atoms with Gasteiger partial charge in [0, 0.05) is 23.2 Å². The largest absolute Gasteiger partial charge is 0.496 e. The molecule has 0 aliphatic carbocycles. The van der Waals surface area contributed by atoms with E-state index in [0.29, 0.717) is 11.6 Å². The molecule has 1 atom stereocenters. The molecular formula is C10H15ClN2O. The number of hydrogen-bond acceptors (Lipinski definition) is 3. The van der Waals surface area contributed by atoms with Crippen LogP contribution in [0.5, 0.6) is 5.75 Å². The van der Waals surface area contributed by atoms with Gasteiger partial charge in [0.15, 0.2) is 0 Å². The van der Waals surface area contributed by atoms with E-state index in [1.807, 2.05) is 19.2 Å². The van der Waals surface area contributed by atoms with Crippen LogP contribution >= 0.6 is 11.6 Å². The van der Waals surface area contributed by atoms with Crippen molar-refractivity contribution in [2.45, 2.75) is 6.04 Å². The van der Waals surface area contributed by atoms with Crippen molar-refractivity contribution < 1.29 is 4.74 Å². The number of halogens is 1. The number of nitrogens with two attached hydrogens (primary N) is 1. The zero-order chi connectivity index (χ0) is 10.6. The topological polar surface area (TPSA) is 47.3 Å². The lowest BCUT2D eigenvalue weighted by molar-refractivity contribution is 0.405. The SMILES string of the molecule is CNCC(N)c1cc(Cl)ccc1OC. The summed E-state index contributed by atoms with van der Waals surface area (Å²) in [5, 5.41) is 3.69. The van der Waals surface area contributed by atoms with Gasteiger partial charge in [-0.1, -0.05) is 11.6 Å². The molecule has 0 spiro atoms. The molecule has 1 aromatic carbocycles. The third-order valence-corrected chi connectivity index (χ3v) is 2.25. The highest BCUT2D eigenvalue weighted by molar-refractivity contribution is 6.30. The molecular weight excluding hydrogens is 200 g/mol. The standard InChI is InChI=1S/C10H15ClN2O/c1-13-6-9(12)8-5-7(11)3-4-10(8)14-2/h3-5,9,13H,6,12H2,1-2H3. The summed E-state index contributed by atoms with van der Waals surface area (Å²) in [4.78, 5) is 0. The highest BCUT2D eigenvalue weighted by atomic mass is 35.5. The van der Waals surface area contributed by atoms with Crippen molar-refractivity contribution >= 4 is 11.6 Å². The third-order valence-electron chi connectivity index (χ3n) is 2.02. The Morgan fingerprint density at radius 3 is 2.86 bits per heavy atom. The normalized spacial score (nSPS) is 12.6. The summed E-state index contributed by atoms with van der Waals surface area (Å²) in [7, 11) is 3.48. The minimum absolute atomic E-state index is 0.103. The molecule has 3 nitrogen and oxygen atoms in total. The highest BCUT2D eigenvalue weighted by Crippen LogP contribution is 2.26. The van der Waals surface area contributed by atoms with E-state index < -0.39 is 0 Å². The summed E-state index contributed by atoms with van der Waals surface area (Å²) in [6.45, 7) is 0.691. The molecule has 0 heterocycles. The van der Waals surface area contributed by atoms with Crippen molar-refractivity contribution in [2.24, 2.45) is 5.73 Å². The lowest BCUT2D eigenvalue weighted by Crippen LogP contribution is -2.24. The quantitative estimate of drug-likeness (QED) is 0.800. The van der Waals surface area contributed by atoms with Crippen LogP contribution in [0.25, 0.3) is 0 Å². The molecule has 0 fully saturated rings. The fourth-order valence-electron chi connectivity index (χ4n) is 1.32. The monoisotopic (exact) mass is 214 g/mol. The van der Waals surface area contributed by atoms with Crippen molar-refractivity contribution in [1.82, 2.24) is 5.32 Å². The second kappa shape index (κ2) is 5.20. The average Bonchev–Trinajstić information content (AvgIpc) is 2.18. The predicted octanol–water partition coefficient (Wildman–Crippen LogP) is 1.57. The Labute approximate surface area is 89.2 Å². The van der Waals surface area contributed by atoms with Gasteiger partial charge in [-0.25, -0.2) is 0 Å². The van der Waals surface area contributed by atoms with Crippen LogP contribution in [-0.2, 0) is 0 Å². The van der Waals surface area contributed by atoms with Crippen molar-refractivity contribution in [3.63, 3.8) is 0 Å². The van der Waals surface area contributed by atoms with Gasteiger partial charge in [-0.15, -0.1) is 0 Å². The minimum atomic E-state index is -0.103. The van der Waals surface area contributed by atoms with Gasteiger partial charge in [-0.2, -0.15) is 0 Å². The van der Waals surface area contributed by atoms with Crippen LogP contribution in [0.1, 0.15) is 11.6 Å². The van der Waals surface area contributed by atoms with Crippen LogP contribution in [-0.4, -0.2) is 20.7 Å². The Morgan fingerprint density at radius 2 is 2.29 bits per heavy atom. The molecule has 3 N–H and O–H groups in total. The van der Waals surface area contributed by atoms with Gasteiger partial charge >= 0.3 is 0 Å². The summed E-state index contributed by atoms with van der Waals surface area (Å²) in [5.41, 5.74) is 6.87. The molecule has 1 unspecified atom stereocenters. The maximum atomic E-state index is 5.95. The molecule has 1 rings (SSSR count). The van der Waals surface area contributed by atoms with Crippen molar-refractivity contribution in [1.29, 1.82) is 0 Å². The zero-order valence-corrected chi connectivity index (χ0v) is 9.14. The number of methoxy groups -OCH3 is 1. The van der Waals surface area contributed by atoms with Crippen LogP contribution in [0.15, 0.2) is 18.2 Å². The van der Waals surface area contributed by atoms with Crippen LogP contribution in [0, 0.1) is 0 Å². The first kappa shape index (κ1) is 11.3. The van der Waals surface area contributed by atoms with Crippen molar-refractivity contribution in [3.8, 4) is 5.75 Å². The first-order valence-electron chi connectivity index (χ1n) is 4.42. The van der Waals surface area contributed by atoms with Gasteiger partial charge in [-0.05, 0) is 25.2 Å². The second-order valence-corrected chi connectivity index (χ2v) is 3.49. The zero-order valence-electron chi connectivity index (χ0n) is 8.38. The van der Waals surface area contributed by atoms with Gasteiger partial charge in [-0.3, -0.25) is 0 Å². The molecule has 0 bridgehead atoms. The van der Waals surface area contributed by atoms with E-state index >= 15 is 0 Å². The first-order valence-corrected chi connectivity index (χ1v) is 4.80. The first-order chi connectivity index (χ1) is 6.69. The van der Waals surface area contributed by atoms with Gasteiger partial charge in [0.1, 0.15) is 5.75 Å². The number of rotatable bonds is 4. The van der Waals surface area contributed by atoms with Crippen LogP contribution in [0.4, 0.5) is 0 Å². The Hall–Kier alpha value is -0.770. The average molecular weight is 215 g/mol. The van der Waals surface area contributed by atoms with Gasteiger partial charge in [0.05, 0.1) is 7.11 Å². The van der Waals surface area contributed by atoms with Crippen molar-refractivity contribution in [2.75, 3.05) is 20.7 Å². The Bertz CT molecular complexity index is 304. The maximum Gasteiger partial charge on any atom is 0.123 e. The van der Waals surface area contributed by atoms with Gasteiger partial charge < -0.3 is 15.8 Å². The molecule has 0 saturated heterocycles. The number of benzene rings is 1. The number of likely N-dealkylation sites (N-methyl/N-ethyl adjacent to an activating group) is 1. The summed E-state index contributed by atoms with van der Waals surface area (Å²) in [6.07, 6.45) is 0. The third kappa shape index (κ3) is 2.61. The molecule has 0 radical (unpaired) electrons. The molecule has 0 aliphatic rings. The molecule has 0 aliphatic heterocycles. The van der Waals surface area contributed by atoms with E-state index in [-0.39, 0.29) is 6.04 Å².